The minimum atomic E-state index is -0.177. The SMILES string of the molecule is CNC(=O)CCc1ccccc1NC(=O)c1c(C)n(C)c2ccc(OC)cc12. The van der Waals surface area contributed by atoms with Gasteiger partial charge in [-0.1, -0.05) is 18.2 Å². The zero-order chi connectivity index (χ0) is 20.3. The molecule has 28 heavy (non-hydrogen) atoms. The second kappa shape index (κ2) is 8.17. The highest BCUT2D eigenvalue weighted by Crippen LogP contribution is 2.29. The van der Waals surface area contributed by atoms with Crippen molar-refractivity contribution in [2.24, 2.45) is 7.05 Å². The Morgan fingerprint density at radius 1 is 1.14 bits per heavy atom. The van der Waals surface area contributed by atoms with Gasteiger partial charge in [0, 0.05) is 42.8 Å². The molecule has 2 N–H and O–H groups in total. The number of ether oxygens (including phenoxy) is 1. The largest absolute Gasteiger partial charge is 0.497 e. The molecule has 0 spiro atoms. The number of carbonyl (C=O) groups excluding carboxylic acids is 2. The normalized spacial score (nSPS) is 10.7. The number of nitrogens with one attached hydrogen (secondary N) is 2. The van der Waals surface area contributed by atoms with Crippen LogP contribution in [0.3, 0.4) is 0 Å². The molecule has 0 aliphatic rings. The lowest BCUT2D eigenvalue weighted by atomic mass is 10.1. The van der Waals surface area contributed by atoms with Gasteiger partial charge in [-0.05, 0) is 43.2 Å². The van der Waals surface area contributed by atoms with Gasteiger partial charge in [-0.2, -0.15) is 0 Å². The fourth-order valence-corrected chi connectivity index (χ4v) is 3.38. The molecule has 6 nitrogen and oxygen atoms in total. The van der Waals surface area contributed by atoms with Crippen molar-refractivity contribution < 1.29 is 14.3 Å². The van der Waals surface area contributed by atoms with Crippen LogP contribution >= 0.6 is 0 Å². The minimum Gasteiger partial charge on any atom is -0.497 e. The van der Waals surface area contributed by atoms with E-state index >= 15 is 0 Å². The highest BCUT2D eigenvalue weighted by atomic mass is 16.5. The van der Waals surface area contributed by atoms with Gasteiger partial charge >= 0.3 is 0 Å². The maximum atomic E-state index is 13.2. The molecule has 2 aromatic carbocycles. The molecule has 1 aromatic heterocycles. The van der Waals surface area contributed by atoms with Crippen molar-refractivity contribution in [3.8, 4) is 5.75 Å². The molecule has 0 saturated carbocycles. The lowest BCUT2D eigenvalue weighted by Gasteiger charge is -2.11. The number of rotatable bonds is 6. The van der Waals surface area contributed by atoms with Gasteiger partial charge in [-0.25, -0.2) is 0 Å². The highest BCUT2D eigenvalue weighted by Gasteiger charge is 2.20. The van der Waals surface area contributed by atoms with Gasteiger partial charge in [0.05, 0.1) is 12.7 Å². The first-order chi connectivity index (χ1) is 13.5. The molecule has 0 aliphatic heterocycles. The van der Waals surface area contributed by atoms with Crippen LogP contribution in [-0.4, -0.2) is 30.5 Å². The fraction of sp³-hybridized carbons (Fsp3) is 0.273. The van der Waals surface area contributed by atoms with Gasteiger partial charge in [0.2, 0.25) is 5.91 Å². The quantitative estimate of drug-likeness (QED) is 0.689. The van der Waals surface area contributed by atoms with Crippen LogP contribution in [0.5, 0.6) is 5.75 Å². The number of aryl methyl sites for hydroxylation is 2. The number of methoxy groups -OCH3 is 1. The molecule has 1 heterocycles. The zero-order valence-corrected chi connectivity index (χ0v) is 16.6. The number of hydrogen-bond donors (Lipinski definition) is 2. The minimum absolute atomic E-state index is 0.0295. The molecule has 2 amide bonds. The molecule has 6 heteroatoms. The molecular weight excluding hydrogens is 354 g/mol. The Hall–Kier alpha value is -3.28. The predicted molar refractivity (Wildman–Crippen MR) is 111 cm³/mol. The molecule has 146 valence electrons. The van der Waals surface area contributed by atoms with Crippen LogP contribution in [0.4, 0.5) is 5.69 Å². The lowest BCUT2D eigenvalue weighted by Crippen LogP contribution is -2.19. The summed E-state index contributed by atoms with van der Waals surface area (Å²) in [6.07, 6.45) is 0.923. The van der Waals surface area contributed by atoms with E-state index in [9.17, 15) is 9.59 Å². The molecule has 0 fully saturated rings. The summed E-state index contributed by atoms with van der Waals surface area (Å²) in [6.45, 7) is 1.93. The van der Waals surface area contributed by atoms with Crippen molar-refractivity contribution in [3.05, 3.63) is 59.3 Å². The standard InChI is InChI=1S/C22H25N3O3/c1-14-21(17-13-16(28-4)10-11-19(17)25(14)3)22(27)24-18-8-6-5-7-15(18)9-12-20(26)23-2/h5-8,10-11,13H,9,12H2,1-4H3,(H,23,26)(H,24,27). The number of nitrogens with zero attached hydrogens (tertiary/aromatic N) is 1. The number of hydrogen-bond acceptors (Lipinski definition) is 3. The lowest BCUT2D eigenvalue weighted by molar-refractivity contribution is -0.120. The Kier molecular flexibility index (Phi) is 5.68. The van der Waals surface area contributed by atoms with Gasteiger partial charge in [-0.15, -0.1) is 0 Å². The van der Waals surface area contributed by atoms with Crippen LogP contribution in [0, 0.1) is 6.92 Å². The van der Waals surface area contributed by atoms with Gasteiger partial charge in [0.25, 0.3) is 5.91 Å². The van der Waals surface area contributed by atoms with E-state index in [2.05, 4.69) is 10.6 Å². The van der Waals surface area contributed by atoms with Crippen LogP contribution in [0.25, 0.3) is 10.9 Å². The topological polar surface area (TPSA) is 72.4 Å². The van der Waals surface area contributed by atoms with Crippen molar-refractivity contribution >= 4 is 28.4 Å². The maximum absolute atomic E-state index is 13.2. The van der Waals surface area contributed by atoms with E-state index in [0.717, 1.165) is 27.8 Å². The summed E-state index contributed by atoms with van der Waals surface area (Å²) in [5.74, 6) is 0.500. The van der Waals surface area contributed by atoms with E-state index < -0.39 is 0 Å². The number of carbonyl (C=O) groups is 2. The van der Waals surface area contributed by atoms with Gasteiger partial charge in [0.1, 0.15) is 5.75 Å². The Labute approximate surface area is 164 Å². The van der Waals surface area contributed by atoms with Crippen molar-refractivity contribution in [2.45, 2.75) is 19.8 Å². The fourth-order valence-electron chi connectivity index (χ4n) is 3.38. The first-order valence-electron chi connectivity index (χ1n) is 9.19. The highest BCUT2D eigenvalue weighted by molar-refractivity contribution is 6.14. The Balaban J connectivity index is 1.94. The molecule has 0 saturated heterocycles. The molecule has 0 radical (unpaired) electrons. The van der Waals surface area contributed by atoms with Crippen LogP contribution in [-0.2, 0) is 18.3 Å². The molecule has 3 aromatic rings. The van der Waals surface area contributed by atoms with E-state index in [1.807, 2.05) is 61.0 Å². The number of fused-ring (bicyclic) bond motifs is 1. The van der Waals surface area contributed by atoms with Gasteiger partial charge in [-0.3, -0.25) is 9.59 Å². The second-order valence-electron chi connectivity index (χ2n) is 6.69. The first kappa shape index (κ1) is 19.5. The number of benzene rings is 2. The van der Waals surface area contributed by atoms with E-state index in [0.29, 0.717) is 24.2 Å². The average Bonchev–Trinajstić information content (AvgIpc) is 2.96. The number of para-hydroxylation sites is 1. The summed E-state index contributed by atoms with van der Waals surface area (Å²) in [5, 5.41) is 6.50. The number of aromatic nitrogens is 1. The Bertz CT molecular complexity index is 1040. The van der Waals surface area contributed by atoms with E-state index in [-0.39, 0.29) is 11.8 Å². The number of amides is 2. The molecule has 3 rings (SSSR count). The predicted octanol–water partition coefficient (Wildman–Crippen LogP) is 3.43. The Morgan fingerprint density at radius 2 is 1.89 bits per heavy atom. The van der Waals surface area contributed by atoms with Crippen LogP contribution in [0.1, 0.15) is 28.0 Å². The van der Waals surface area contributed by atoms with Crippen molar-refractivity contribution in [3.63, 3.8) is 0 Å². The number of anilines is 1. The summed E-state index contributed by atoms with van der Waals surface area (Å²) in [5.41, 5.74) is 4.11. The molecular formula is C22H25N3O3. The smallest absolute Gasteiger partial charge is 0.258 e. The maximum Gasteiger partial charge on any atom is 0.258 e. The van der Waals surface area contributed by atoms with Crippen LogP contribution in [0.15, 0.2) is 42.5 Å². The molecule has 0 unspecified atom stereocenters. The van der Waals surface area contributed by atoms with Crippen LogP contribution in [0.2, 0.25) is 0 Å². The van der Waals surface area contributed by atoms with Gasteiger partial charge in [0.15, 0.2) is 0 Å². The van der Waals surface area contributed by atoms with Gasteiger partial charge < -0.3 is 19.9 Å². The third-order valence-electron chi connectivity index (χ3n) is 5.09. The molecule has 0 atom stereocenters. The Morgan fingerprint density at radius 3 is 2.61 bits per heavy atom. The van der Waals surface area contributed by atoms with Crippen molar-refractivity contribution in [1.82, 2.24) is 9.88 Å². The summed E-state index contributed by atoms with van der Waals surface area (Å²) >= 11 is 0. The van der Waals surface area contributed by atoms with Crippen molar-refractivity contribution in [2.75, 3.05) is 19.5 Å². The van der Waals surface area contributed by atoms with Crippen LogP contribution < -0.4 is 15.4 Å². The van der Waals surface area contributed by atoms with Crippen molar-refractivity contribution in [1.29, 1.82) is 0 Å². The molecule has 0 aliphatic carbocycles. The zero-order valence-electron chi connectivity index (χ0n) is 16.6. The molecule has 0 bridgehead atoms. The summed E-state index contributed by atoms with van der Waals surface area (Å²) in [4.78, 5) is 24.7. The average molecular weight is 379 g/mol. The summed E-state index contributed by atoms with van der Waals surface area (Å²) in [6, 6.07) is 13.3. The van der Waals surface area contributed by atoms with E-state index in [1.54, 1.807) is 14.2 Å². The first-order valence-corrected chi connectivity index (χ1v) is 9.19. The monoisotopic (exact) mass is 379 g/mol. The summed E-state index contributed by atoms with van der Waals surface area (Å²) < 4.78 is 7.33. The second-order valence-corrected chi connectivity index (χ2v) is 6.69. The third kappa shape index (κ3) is 3.71. The van der Waals surface area contributed by atoms with E-state index in [4.69, 9.17) is 4.74 Å². The van der Waals surface area contributed by atoms with E-state index in [1.165, 1.54) is 0 Å². The third-order valence-corrected chi connectivity index (χ3v) is 5.09. The summed E-state index contributed by atoms with van der Waals surface area (Å²) in [7, 11) is 5.17.